The van der Waals surface area contributed by atoms with Gasteiger partial charge < -0.3 is 4.74 Å². The molecule has 1 aromatic carbocycles. The molecule has 58 valence electrons. The van der Waals surface area contributed by atoms with E-state index < -0.39 is 0 Å². The predicted octanol–water partition coefficient (Wildman–Crippen LogP) is 3.17. The van der Waals surface area contributed by atoms with Gasteiger partial charge in [-0.3, -0.25) is 0 Å². The maximum absolute atomic E-state index is 5.84. The average Bonchev–Trinajstić information content (AvgIpc) is 2.64. The fraction of sp³-hybridized carbons (Fsp3) is 0.250. The lowest BCUT2D eigenvalue weighted by molar-refractivity contribution is 0.415. The molecule has 1 nitrogen and oxygen atoms in total. The van der Waals surface area contributed by atoms with Crippen molar-refractivity contribution in [2.75, 3.05) is 6.61 Å². The van der Waals surface area contributed by atoms with Crippen LogP contribution in [0.5, 0.6) is 0 Å². The minimum absolute atomic E-state index is 0.282. The van der Waals surface area contributed by atoms with Gasteiger partial charge in [0.25, 0.3) is 0 Å². The summed E-state index contributed by atoms with van der Waals surface area (Å²) in [5.74, 6) is 0. The van der Waals surface area contributed by atoms with Crippen molar-refractivity contribution in [3.05, 3.63) is 33.3 Å². The lowest BCUT2D eigenvalue weighted by Crippen LogP contribution is -1.79. The van der Waals surface area contributed by atoms with E-state index in [1.165, 1.54) is 0 Å². The van der Waals surface area contributed by atoms with Crippen LogP contribution in [0.25, 0.3) is 0 Å². The number of halogens is 2. The van der Waals surface area contributed by atoms with E-state index in [1.807, 2.05) is 18.2 Å². The van der Waals surface area contributed by atoms with Crippen LogP contribution in [0.4, 0.5) is 0 Å². The van der Waals surface area contributed by atoms with Crippen LogP contribution >= 0.6 is 27.5 Å². The number of hydrogen-bond acceptors (Lipinski definition) is 1. The van der Waals surface area contributed by atoms with Gasteiger partial charge in [0.1, 0.15) is 6.10 Å². The van der Waals surface area contributed by atoms with E-state index in [2.05, 4.69) is 15.9 Å². The summed E-state index contributed by atoms with van der Waals surface area (Å²) in [6, 6.07) is 5.83. The first-order chi connectivity index (χ1) is 5.25. The van der Waals surface area contributed by atoms with Crippen molar-refractivity contribution < 1.29 is 4.74 Å². The molecule has 0 aliphatic carbocycles. The molecule has 0 amide bonds. The Morgan fingerprint density at radius 3 is 2.73 bits per heavy atom. The highest BCUT2D eigenvalue weighted by atomic mass is 79.9. The minimum atomic E-state index is 0.282. The zero-order chi connectivity index (χ0) is 7.84. The quantitative estimate of drug-likeness (QED) is 0.679. The largest absolute Gasteiger partial charge is 0.368 e. The third-order valence-corrected chi connectivity index (χ3v) is 2.27. The van der Waals surface area contributed by atoms with Gasteiger partial charge in [-0.25, -0.2) is 0 Å². The zero-order valence-electron chi connectivity index (χ0n) is 5.68. The summed E-state index contributed by atoms with van der Waals surface area (Å²) in [6.07, 6.45) is 0.282. The van der Waals surface area contributed by atoms with Gasteiger partial charge >= 0.3 is 0 Å². The fourth-order valence-corrected chi connectivity index (χ4v) is 1.89. The van der Waals surface area contributed by atoms with Gasteiger partial charge in [-0.15, -0.1) is 0 Å². The van der Waals surface area contributed by atoms with Gasteiger partial charge in [-0.05, 0) is 23.8 Å². The average molecular weight is 233 g/mol. The third-order valence-electron chi connectivity index (χ3n) is 1.59. The van der Waals surface area contributed by atoms with Gasteiger partial charge in [0, 0.05) is 9.50 Å². The Kier molecular flexibility index (Phi) is 1.91. The Bertz CT molecular complexity index is 263. The molecule has 0 aromatic heterocycles. The molecule has 0 unspecified atom stereocenters. The van der Waals surface area contributed by atoms with Gasteiger partial charge in [0.15, 0.2) is 0 Å². The molecule has 2 rings (SSSR count). The Balaban J connectivity index is 2.39. The molecule has 1 saturated heterocycles. The molecule has 11 heavy (non-hydrogen) atoms. The van der Waals surface area contributed by atoms with Gasteiger partial charge in [0.2, 0.25) is 0 Å². The fourth-order valence-electron chi connectivity index (χ4n) is 1.00. The van der Waals surface area contributed by atoms with Crippen LogP contribution in [0.2, 0.25) is 5.02 Å². The van der Waals surface area contributed by atoms with E-state index in [0.717, 1.165) is 21.7 Å². The summed E-state index contributed by atoms with van der Waals surface area (Å²) in [5, 5.41) is 0.755. The predicted molar refractivity (Wildman–Crippen MR) is 47.8 cm³/mol. The standard InChI is InChI=1S/C8H6BrClO/c9-6-1-5(8-4-11-8)2-7(10)3-6/h1-3,8H,4H2/t8-/m0/s1. The number of epoxide rings is 1. The summed E-state index contributed by atoms with van der Waals surface area (Å²) in [4.78, 5) is 0. The normalized spacial score (nSPS) is 21.8. The first-order valence-corrected chi connectivity index (χ1v) is 4.50. The zero-order valence-corrected chi connectivity index (χ0v) is 8.02. The second-order valence-corrected chi connectivity index (χ2v) is 3.88. The van der Waals surface area contributed by atoms with Crippen molar-refractivity contribution in [2.24, 2.45) is 0 Å². The molecule has 1 fully saturated rings. The lowest BCUT2D eigenvalue weighted by atomic mass is 10.2. The van der Waals surface area contributed by atoms with Crippen molar-refractivity contribution in [2.45, 2.75) is 6.10 Å². The second-order valence-electron chi connectivity index (χ2n) is 2.52. The van der Waals surface area contributed by atoms with E-state index in [-0.39, 0.29) is 6.10 Å². The second kappa shape index (κ2) is 2.77. The van der Waals surface area contributed by atoms with Crippen LogP contribution in [-0.4, -0.2) is 6.61 Å². The maximum Gasteiger partial charge on any atom is 0.106 e. The Morgan fingerprint density at radius 2 is 2.18 bits per heavy atom. The molecule has 1 atom stereocenters. The maximum atomic E-state index is 5.84. The third kappa shape index (κ3) is 1.75. The van der Waals surface area contributed by atoms with E-state index in [4.69, 9.17) is 16.3 Å². The molecule has 0 radical (unpaired) electrons. The van der Waals surface area contributed by atoms with Crippen LogP contribution in [0, 0.1) is 0 Å². The lowest BCUT2D eigenvalue weighted by Gasteiger charge is -1.97. The summed E-state index contributed by atoms with van der Waals surface area (Å²) in [7, 11) is 0. The molecule has 1 heterocycles. The summed E-state index contributed by atoms with van der Waals surface area (Å²) < 4.78 is 6.13. The summed E-state index contributed by atoms with van der Waals surface area (Å²) >= 11 is 9.21. The van der Waals surface area contributed by atoms with Crippen molar-refractivity contribution in [3.63, 3.8) is 0 Å². The Hall–Kier alpha value is -0.0500. The van der Waals surface area contributed by atoms with Crippen LogP contribution in [0.15, 0.2) is 22.7 Å². The van der Waals surface area contributed by atoms with E-state index in [9.17, 15) is 0 Å². The van der Waals surface area contributed by atoms with Gasteiger partial charge in [-0.2, -0.15) is 0 Å². The van der Waals surface area contributed by atoms with Crippen molar-refractivity contribution in [1.82, 2.24) is 0 Å². The number of benzene rings is 1. The molecule has 0 spiro atoms. The first kappa shape index (κ1) is 7.59. The first-order valence-electron chi connectivity index (χ1n) is 3.33. The molecule has 1 aromatic rings. The number of hydrogen-bond donors (Lipinski definition) is 0. The number of rotatable bonds is 1. The minimum Gasteiger partial charge on any atom is -0.368 e. The molecule has 3 heteroatoms. The number of ether oxygens (including phenoxy) is 1. The Morgan fingerprint density at radius 1 is 1.45 bits per heavy atom. The van der Waals surface area contributed by atoms with E-state index >= 15 is 0 Å². The smallest absolute Gasteiger partial charge is 0.106 e. The van der Waals surface area contributed by atoms with Crippen molar-refractivity contribution in [3.8, 4) is 0 Å². The van der Waals surface area contributed by atoms with Gasteiger partial charge in [0.05, 0.1) is 6.61 Å². The Labute approximate surface area is 78.4 Å². The summed E-state index contributed by atoms with van der Waals surface area (Å²) in [5.41, 5.74) is 1.16. The van der Waals surface area contributed by atoms with Crippen LogP contribution in [0.3, 0.4) is 0 Å². The van der Waals surface area contributed by atoms with E-state index in [1.54, 1.807) is 0 Å². The van der Waals surface area contributed by atoms with Crippen LogP contribution < -0.4 is 0 Å². The molecule has 0 N–H and O–H groups in total. The SMILES string of the molecule is Clc1cc(Br)cc([C@@H]2CO2)c1. The molecule has 1 aliphatic rings. The molecule has 1 aliphatic heterocycles. The summed E-state index contributed by atoms with van der Waals surface area (Å²) in [6.45, 7) is 0.826. The van der Waals surface area contributed by atoms with Gasteiger partial charge in [-0.1, -0.05) is 27.5 Å². The monoisotopic (exact) mass is 232 g/mol. The van der Waals surface area contributed by atoms with E-state index in [0.29, 0.717) is 0 Å². The highest BCUT2D eigenvalue weighted by Gasteiger charge is 2.24. The van der Waals surface area contributed by atoms with Crippen molar-refractivity contribution >= 4 is 27.5 Å². The molecular formula is C8H6BrClO. The molecular weight excluding hydrogens is 227 g/mol. The van der Waals surface area contributed by atoms with Crippen LogP contribution in [0.1, 0.15) is 11.7 Å². The molecule has 0 bridgehead atoms. The topological polar surface area (TPSA) is 12.5 Å². The van der Waals surface area contributed by atoms with Crippen LogP contribution in [-0.2, 0) is 4.74 Å². The molecule has 0 saturated carbocycles. The highest BCUT2D eigenvalue weighted by Crippen LogP contribution is 2.33. The van der Waals surface area contributed by atoms with Crippen molar-refractivity contribution in [1.29, 1.82) is 0 Å². The highest BCUT2D eigenvalue weighted by molar-refractivity contribution is 9.10.